The topological polar surface area (TPSA) is 40.9 Å². The van der Waals surface area contributed by atoms with Crippen LogP contribution in [0.5, 0.6) is 0 Å². The molecule has 0 aliphatic rings. The average molecular weight is 227 g/mol. The van der Waals surface area contributed by atoms with Crippen molar-refractivity contribution in [3.8, 4) is 6.07 Å². The molecule has 0 aliphatic heterocycles. The summed E-state index contributed by atoms with van der Waals surface area (Å²) in [5.41, 5.74) is -0.590. The zero-order valence-electron chi connectivity index (χ0n) is 8.43. The van der Waals surface area contributed by atoms with Gasteiger partial charge in [0, 0.05) is 0 Å². The van der Waals surface area contributed by atoms with E-state index in [0.717, 1.165) is 6.07 Å². The minimum Gasteiger partial charge on any atom is -0.293 e. The molecule has 0 saturated heterocycles. The highest BCUT2D eigenvalue weighted by molar-refractivity contribution is 5.99. The van der Waals surface area contributed by atoms with Crippen molar-refractivity contribution in [3.63, 3.8) is 0 Å². The van der Waals surface area contributed by atoms with Gasteiger partial charge in [0.1, 0.15) is 5.92 Å². The summed E-state index contributed by atoms with van der Waals surface area (Å²) in [5.74, 6) is -6.47. The van der Waals surface area contributed by atoms with Crippen molar-refractivity contribution >= 4 is 5.78 Å². The summed E-state index contributed by atoms with van der Waals surface area (Å²) >= 11 is 0. The van der Waals surface area contributed by atoms with Crippen molar-refractivity contribution in [2.45, 2.75) is 13.3 Å². The molecule has 0 bridgehead atoms. The van der Waals surface area contributed by atoms with Crippen LogP contribution in [0.4, 0.5) is 13.2 Å². The van der Waals surface area contributed by atoms with Crippen molar-refractivity contribution in [1.29, 1.82) is 5.26 Å². The molecule has 0 saturated carbocycles. The number of nitriles is 1. The van der Waals surface area contributed by atoms with Gasteiger partial charge >= 0.3 is 0 Å². The number of hydrogen-bond acceptors (Lipinski definition) is 2. The van der Waals surface area contributed by atoms with E-state index in [9.17, 15) is 18.0 Å². The Hall–Kier alpha value is -1.83. The van der Waals surface area contributed by atoms with E-state index in [1.165, 1.54) is 0 Å². The smallest absolute Gasteiger partial charge is 0.195 e. The maximum absolute atomic E-state index is 13.2. The molecule has 16 heavy (non-hydrogen) atoms. The second-order valence-electron chi connectivity index (χ2n) is 3.18. The summed E-state index contributed by atoms with van der Waals surface area (Å²) in [6.07, 6.45) is 0.188. The van der Waals surface area contributed by atoms with Crippen LogP contribution < -0.4 is 0 Å². The van der Waals surface area contributed by atoms with Gasteiger partial charge in [-0.15, -0.1) is 0 Å². The molecule has 1 aromatic carbocycles. The minimum absolute atomic E-state index is 0.188. The lowest BCUT2D eigenvalue weighted by Crippen LogP contribution is -2.15. The van der Waals surface area contributed by atoms with Gasteiger partial charge in [-0.3, -0.25) is 4.79 Å². The van der Waals surface area contributed by atoms with Crippen LogP contribution in [-0.2, 0) is 0 Å². The van der Waals surface area contributed by atoms with Crippen LogP contribution in [0.1, 0.15) is 23.7 Å². The molecule has 0 spiro atoms. The molecule has 1 unspecified atom stereocenters. The summed E-state index contributed by atoms with van der Waals surface area (Å²) in [4.78, 5) is 11.5. The number of nitrogens with zero attached hydrogens (tertiary/aromatic N) is 1. The summed E-state index contributed by atoms with van der Waals surface area (Å²) in [6, 6.07) is 3.18. The third-order valence-corrected chi connectivity index (χ3v) is 2.18. The van der Waals surface area contributed by atoms with E-state index in [-0.39, 0.29) is 6.42 Å². The first-order valence-electron chi connectivity index (χ1n) is 4.60. The Bertz CT molecular complexity index is 465. The molecule has 0 amide bonds. The molecule has 0 N–H and O–H groups in total. The number of carbonyl (C=O) groups is 1. The molecular formula is C11H8F3NO. The standard InChI is InChI=1S/C11H8F3NO/c1-2-6(5-15)11(16)7-3-4-8(12)10(14)9(7)13/h3-4,6H,2H2,1H3. The van der Waals surface area contributed by atoms with E-state index < -0.39 is 34.7 Å². The maximum atomic E-state index is 13.2. The minimum atomic E-state index is -1.70. The summed E-state index contributed by atoms with van der Waals surface area (Å²) in [6.45, 7) is 1.57. The van der Waals surface area contributed by atoms with E-state index in [2.05, 4.69) is 0 Å². The zero-order valence-corrected chi connectivity index (χ0v) is 8.43. The van der Waals surface area contributed by atoms with E-state index in [0.29, 0.717) is 6.07 Å². The monoisotopic (exact) mass is 227 g/mol. The van der Waals surface area contributed by atoms with E-state index in [1.54, 1.807) is 13.0 Å². The molecule has 1 aromatic rings. The van der Waals surface area contributed by atoms with Gasteiger partial charge in [-0.1, -0.05) is 6.92 Å². The fourth-order valence-electron chi connectivity index (χ4n) is 1.24. The molecule has 1 atom stereocenters. The highest BCUT2D eigenvalue weighted by atomic mass is 19.2. The lowest BCUT2D eigenvalue weighted by atomic mass is 9.96. The quantitative estimate of drug-likeness (QED) is 0.588. The number of benzene rings is 1. The summed E-state index contributed by atoms with van der Waals surface area (Å²) in [7, 11) is 0. The second kappa shape index (κ2) is 4.79. The summed E-state index contributed by atoms with van der Waals surface area (Å²) in [5, 5.41) is 8.61. The molecule has 0 heterocycles. The van der Waals surface area contributed by atoms with Gasteiger partial charge in [0.25, 0.3) is 0 Å². The fourth-order valence-corrected chi connectivity index (χ4v) is 1.24. The number of halogens is 3. The SMILES string of the molecule is CCC(C#N)C(=O)c1ccc(F)c(F)c1F. The van der Waals surface area contributed by atoms with Gasteiger partial charge in [-0.2, -0.15) is 5.26 Å². The number of Topliss-reactive ketones (excluding diaryl/α,β-unsaturated/α-hetero) is 1. The van der Waals surface area contributed by atoms with E-state index in [1.807, 2.05) is 0 Å². The van der Waals surface area contributed by atoms with Crippen molar-refractivity contribution < 1.29 is 18.0 Å². The van der Waals surface area contributed by atoms with E-state index >= 15 is 0 Å². The molecule has 1 rings (SSSR count). The Morgan fingerprint density at radius 3 is 2.50 bits per heavy atom. The van der Waals surface area contributed by atoms with Gasteiger partial charge in [-0.25, -0.2) is 13.2 Å². The van der Waals surface area contributed by atoms with Gasteiger partial charge in [0.05, 0.1) is 11.6 Å². The normalized spacial score (nSPS) is 11.9. The largest absolute Gasteiger partial charge is 0.293 e. The second-order valence-corrected chi connectivity index (χ2v) is 3.18. The zero-order chi connectivity index (χ0) is 12.3. The first-order chi connectivity index (χ1) is 7.52. The highest BCUT2D eigenvalue weighted by Gasteiger charge is 2.24. The van der Waals surface area contributed by atoms with Crippen molar-refractivity contribution in [1.82, 2.24) is 0 Å². The van der Waals surface area contributed by atoms with Crippen molar-refractivity contribution in [3.05, 3.63) is 35.1 Å². The molecule has 5 heteroatoms. The van der Waals surface area contributed by atoms with Crippen LogP contribution >= 0.6 is 0 Å². The predicted molar refractivity (Wildman–Crippen MR) is 50.0 cm³/mol. The molecule has 0 aromatic heterocycles. The first-order valence-corrected chi connectivity index (χ1v) is 4.60. The average Bonchev–Trinajstić information content (AvgIpc) is 2.27. The number of carbonyl (C=O) groups excluding carboxylic acids is 1. The van der Waals surface area contributed by atoms with Crippen LogP contribution in [0.2, 0.25) is 0 Å². The Balaban J connectivity index is 3.21. The number of hydrogen-bond donors (Lipinski definition) is 0. The lowest BCUT2D eigenvalue weighted by Gasteiger charge is -2.06. The Morgan fingerprint density at radius 2 is 2.00 bits per heavy atom. The van der Waals surface area contributed by atoms with E-state index in [4.69, 9.17) is 5.26 Å². The van der Waals surface area contributed by atoms with Gasteiger partial charge < -0.3 is 0 Å². The molecule has 84 valence electrons. The lowest BCUT2D eigenvalue weighted by molar-refractivity contribution is 0.0941. The van der Waals surface area contributed by atoms with Gasteiger partial charge in [0.15, 0.2) is 23.2 Å². The molecule has 0 aliphatic carbocycles. The number of rotatable bonds is 3. The third kappa shape index (κ3) is 2.06. The Kier molecular flexibility index (Phi) is 3.67. The highest BCUT2D eigenvalue weighted by Crippen LogP contribution is 2.19. The van der Waals surface area contributed by atoms with Crippen LogP contribution in [0.3, 0.4) is 0 Å². The summed E-state index contributed by atoms with van der Waals surface area (Å²) < 4.78 is 38.6. The van der Waals surface area contributed by atoms with Crippen LogP contribution in [-0.4, -0.2) is 5.78 Å². The Labute approximate surface area is 90.3 Å². The number of ketones is 1. The maximum Gasteiger partial charge on any atom is 0.195 e. The van der Waals surface area contributed by atoms with Crippen LogP contribution in [0.15, 0.2) is 12.1 Å². The molecular weight excluding hydrogens is 219 g/mol. The molecule has 0 radical (unpaired) electrons. The first kappa shape index (κ1) is 12.2. The van der Waals surface area contributed by atoms with Gasteiger partial charge in [-0.05, 0) is 18.6 Å². The predicted octanol–water partition coefficient (Wildman–Crippen LogP) is 2.84. The third-order valence-electron chi connectivity index (χ3n) is 2.18. The molecule has 2 nitrogen and oxygen atoms in total. The Morgan fingerprint density at radius 1 is 1.38 bits per heavy atom. The van der Waals surface area contributed by atoms with Crippen molar-refractivity contribution in [2.75, 3.05) is 0 Å². The van der Waals surface area contributed by atoms with Crippen molar-refractivity contribution in [2.24, 2.45) is 5.92 Å². The molecule has 0 fully saturated rings. The fraction of sp³-hybridized carbons (Fsp3) is 0.273. The van der Waals surface area contributed by atoms with Gasteiger partial charge in [0.2, 0.25) is 0 Å². The van der Waals surface area contributed by atoms with Crippen LogP contribution in [0, 0.1) is 34.7 Å². The van der Waals surface area contributed by atoms with Crippen LogP contribution in [0.25, 0.3) is 0 Å².